The molecule has 1 aliphatic carbocycles. The molecular weight excluding hydrogens is 454 g/mol. The van der Waals surface area contributed by atoms with Crippen LogP contribution in [0.1, 0.15) is 58.2 Å². The summed E-state index contributed by atoms with van der Waals surface area (Å²) in [6.45, 7) is 0. The highest BCUT2D eigenvalue weighted by Gasteiger charge is 2.19. The van der Waals surface area contributed by atoms with Crippen molar-refractivity contribution in [1.82, 2.24) is 24.9 Å². The molecule has 3 heterocycles. The van der Waals surface area contributed by atoms with Gasteiger partial charge < -0.3 is 14.7 Å². The summed E-state index contributed by atoms with van der Waals surface area (Å²) in [5, 5.41) is 1.87. The Kier molecular flexibility index (Phi) is 5.77. The smallest absolute Gasteiger partial charge is 0.188 e. The molecule has 180 valence electrons. The predicted octanol–water partition coefficient (Wildman–Crippen LogP) is 5.01. The highest BCUT2D eigenvalue weighted by Crippen LogP contribution is 2.27. The maximum atomic E-state index is 13.1. The van der Waals surface area contributed by atoms with E-state index in [9.17, 15) is 9.59 Å². The fraction of sp³-hybridized carbons (Fsp3) is 0.250. The number of pyridine rings is 1. The number of rotatable bonds is 8. The van der Waals surface area contributed by atoms with E-state index >= 15 is 0 Å². The number of nitrogens with zero attached hydrogens (tertiary/aromatic N) is 3. The molecule has 2 aromatic carbocycles. The van der Waals surface area contributed by atoms with Gasteiger partial charge >= 0.3 is 0 Å². The van der Waals surface area contributed by atoms with Crippen LogP contribution in [0.3, 0.4) is 0 Å². The van der Waals surface area contributed by atoms with Crippen molar-refractivity contribution >= 4 is 33.4 Å². The van der Waals surface area contributed by atoms with E-state index < -0.39 is 0 Å². The van der Waals surface area contributed by atoms with Crippen LogP contribution < -0.4 is 4.74 Å². The van der Waals surface area contributed by atoms with E-state index in [2.05, 4.69) is 24.9 Å². The lowest BCUT2D eigenvalue weighted by Gasteiger charge is -2.13. The van der Waals surface area contributed by atoms with Crippen LogP contribution in [0.4, 0.5) is 0 Å². The van der Waals surface area contributed by atoms with Crippen molar-refractivity contribution in [2.24, 2.45) is 0 Å². The molecule has 2 N–H and O–H groups in total. The zero-order valence-electron chi connectivity index (χ0n) is 19.7. The number of imidazole rings is 2. The lowest BCUT2D eigenvalue weighted by molar-refractivity contribution is 0.0981. The summed E-state index contributed by atoms with van der Waals surface area (Å²) in [7, 11) is 0. The highest BCUT2D eigenvalue weighted by atomic mass is 16.5. The molecule has 0 radical (unpaired) electrons. The van der Waals surface area contributed by atoms with Gasteiger partial charge in [-0.05, 0) is 67.5 Å². The molecule has 0 spiro atoms. The predicted molar refractivity (Wildman–Crippen MR) is 135 cm³/mol. The Labute approximate surface area is 207 Å². The van der Waals surface area contributed by atoms with Gasteiger partial charge in [0.2, 0.25) is 0 Å². The maximum absolute atomic E-state index is 13.1. The first-order valence-electron chi connectivity index (χ1n) is 12.2. The Morgan fingerprint density at radius 1 is 0.944 bits per heavy atom. The van der Waals surface area contributed by atoms with Crippen molar-refractivity contribution in [1.29, 1.82) is 0 Å². The van der Waals surface area contributed by atoms with Crippen LogP contribution in [0.15, 0.2) is 61.1 Å². The number of carbonyl (C=O) groups is 2. The largest absolute Gasteiger partial charge is 0.490 e. The van der Waals surface area contributed by atoms with Gasteiger partial charge in [0.1, 0.15) is 23.1 Å². The first-order chi connectivity index (χ1) is 17.6. The molecule has 8 nitrogen and oxygen atoms in total. The quantitative estimate of drug-likeness (QED) is 0.303. The monoisotopic (exact) mass is 479 g/mol. The van der Waals surface area contributed by atoms with Crippen LogP contribution >= 0.6 is 0 Å². The van der Waals surface area contributed by atoms with Crippen LogP contribution in [-0.4, -0.2) is 42.6 Å². The number of H-pyrrole nitrogens is 2. The first kappa shape index (κ1) is 22.2. The molecule has 6 rings (SSSR count). The molecule has 1 aliphatic rings. The molecule has 5 aromatic rings. The van der Waals surface area contributed by atoms with Gasteiger partial charge in [-0.1, -0.05) is 6.07 Å². The fourth-order valence-corrected chi connectivity index (χ4v) is 4.82. The number of ketones is 2. The molecule has 0 amide bonds. The van der Waals surface area contributed by atoms with Crippen molar-refractivity contribution in [3.05, 3.63) is 84.0 Å². The van der Waals surface area contributed by atoms with Crippen LogP contribution in [0, 0.1) is 0 Å². The van der Waals surface area contributed by atoms with Gasteiger partial charge in [-0.25, -0.2) is 9.97 Å². The molecule has 0 unspecified atom stereocenters. The summed E-state index contributed by atoms with van der Waals surface area (Å²) < 4.78 is 6.12. The maximum Gasteiger partial charge on any atom is 0.188 e. The number of hydrogen-bond donors (Lipinski definition) is 2. The second-order valence-corrected chi connectivity index (χ2v) is 9.22. The molecule has 0 atom stereocenters. The van der Waals surface area contributed by atoms with Gasteiger partial charge in [0.05, 0.1) is 30.0 Å². The van der Waals surface area contributed by atoms with E-state index in [1.807, 2.05) is 24.3 Å². The van der Waals surface area contributed by atoms with E-state index in [1.165, 1.54) is 12.8 Å². The number of Topliss-reactive ketones (excluding diaryl/α,β-unsaturated/α-hetero) is 2. The Morgan fingerprint density at radius 3 is 2.64 bits per heavy atom. The van der Waals surface area contributed by atoms with E-state index in [4.69, 9.17) is 4.74 Å². The second kappa shape index (κ2) is 9.37. The molecular formula is C28H25N5O3. The summed E-state index contributed by atoms with van der Waals surface area (Å²) in [4.78, 5) is 45.2. The average Bonchev–Trinajstić information content (AvgIpc) is 3.65. The molecule has 8 heteroatoms. The number of para-hydroxylation sites is 1. The lowest BCUT2D eigenvalue weighted by atomic mass is 10.1. The number of benzene rings is 2. The first-order valence-corrected chi connectivity index (χ1v) is 12.2. The van der Waals surface area contributed by atoms with Gasteiger partial charge in [0.15, 0.2) is 11.6 Å². The Morgan fingerprint density at radius 2 is 1.81 bits per heavy atom. The molecule has 36 heavy (non-hydrogen) atoms. The Bertz CT molecular complexity index is 1570. The van der Waals surface area contributed by atoms with Gasteiger partial charge in [-0.2, -0.15) is 0 Å². The third-order valence-corrected chi connectivity index (χ3v) is 6.66. The van der Waals surface area contributed by atoms with Crippen LogP contribution in [0.5, 0.6) is 5.75 Å². The summed E-state index contributed by atoms with van der Waals surface area (Å²) >= 11 is 0. The minimum atomic E-state index is -0.151. The van der Waals surface area contributed by atoms with Crippen molar-refractivity contribution in [3.63, 3.8) is 0 Å². The number of aromatic amines is 2. The molecule has 0 aliphatic heterocycles. The third-order valence-electron chi connectivity index (χ3n) is 6.66. The number of fused-ring (bicyclic) bond motifs is 2. The molecule has 1 saturated carbocycles. The van der Waals surface area contributed by atoms with E-state index in [0.29, 0.717) is 33.9 Å². The normalized spacial score (nSPS) is 14.0. The van der Waals surface area contributed by atoms with Crippen molar-refractivity contribution in [3.8, 4) is 5.75 Å². The summed E-state index contributed by atoms with van der Waals surface area (Å²) in [5.41, 5.74) is 2.13. The van der Waals surface area contributed by atoms with Crippen molar-refractivity contribution < 1.29 is 14.3 Å². The number of aromatic nitrogens is 5. The van der Waals surface area contributed by atoms with Crippen LogP contribution in [0.25, 0.3) is 21.8 Å². The Balaban J connectivity index is 1.22. The van der Waals surface area contributed by atoms with Gasteiger partial charge in [0, 0.05) is 29.5 Å². The topological polar surface area (TPSA) is 114 Å². The van der Waals surface area contributed by atoms with E-state index in [0.717, 1.165) is 29.4 Å². The standard InChI is InChI=1S/C28H25N5O3/c34-24(14-26-29-10-11-30-26)21-6-3-7-22-28(21)33-27(32-22)15-25(35)23-13-18-12-20(9-8-17(18)16-31-23)36-19-4-1-2-5-19/h3,6-13,16,19H,1-2,4-5,14-15H2,(H,29,30)(H,32,33). The lowest BCUT2D eigenvalue weighted by Crippen LogP contribution is -2.10. The summed E-state index contributed by atoms with van der Waals surface area (Å²) in [6.07, 6.45) is 10.1. The molecule has 0 saturated heterocycles. The summed E-state index contributed by atoms with van der Waals surface area (Å²) in [5.74, 6) is 1.67. The van der Waals surface area contributed by atoms with Gasteiger partial charge in [-0.3, -0.25) is 14.6 Å². The van der Waals surface area contributed by atoms with E-state index in [1.54, 1.807) is 36.8 Å². The minimum absolute atomic E-state index is 0.0528. The average molecular weight is 480 g/mol. The number of nitrogens with one attached hydrogen (secondary N) is 2. The van der Waals surface area contributed by atoms with Crippen LogP contribution in [0.2, 0.25) is 0 Å². The Hall–Kier alpha value is -4.33. The zero-order valence-corrected chi connectivity index (χ0v) is 19.7. The second-order valence-electron chi connectivity index (χ2n) is 9.22. The van der Waals surface area contributed by atoms with Crippen LogP contribution in [-0.2, 0) is 12.8 Å². The minimum Gasteiger partial charge on any atom is -0.490 e. The van der Waals surface area contributed by atoms with Gasteiger partial charge in [-0.15, -0.1) is 0 Å². The highest BCUT2D eigenvalue weighted by molar-refractivity contribution is 6.07. The van der Waals surface area contributed by atoms with Crippen molar-refractivity contribution in [2.45, 2.75) is 44.6 Å². The zero-order chi connectivity index (χ0) is 24.5. The van der Waals surface area contributed by atoms with Gasteiger partial charge in [0.25, 0.3) is 0 Å². The number of hydrogen-bond acceptors (Lipinski definition) is 6. The summed E-state index contributed by atoms with van der Waals surface area (Å²) in [6, 6.07) is 13.1. The molecule has 0 bridgehead atoms. The van der Waals surface area contributed by atoms with Crippen molar-refractivity contribution in [2.75, 3.05) is 0 Å². The van der Waals surface area contributed by atoms with E-state index in [-0.39, 0.29) is 30.5 Å². The number of carbonyl (C=O) groups excluding carboxylic acids is 2. The number of ether oxygens (including phenoxy) is 1. The SMILES string of the molecule is O=C(Cc1nc2c(C(=O)Cc3ncc[nH]3)cccc2[nH]1)c1cc2cc(OC3CCCC3)ccc2cn1. The molecule has 3 aromatic heterocycles. The third kappa shape index (κ3) is 4.49. The molecule has 1 fully saturated rings. The fourth-order valence-electron chi connectivity index (χ4n) is 4.82.